The molecular weight excluding hydrogens is 421 g/mol. The molecule has 0 spiro atoms. The van der Waals surface area contributed by atoms with Crippen molar-refractivity contribution in [1.82, 2.24) is 14.8 Å². The number of pyridine rings is 1. The fourth-order valence-electron chi connectivity index (χ4n) is 5.93. The average Bonchev–Trinajstić information content (AvgIpc) is 3.01. The van der Waals surface area contributed by atoms with Crippen LogP contribution in [0.2, 0.25) is 0 Å². The lowest BCUT2D eigenvalue weighted by atomic mass is 9.86. The minimum Gasteiger partial charge on any atom is -0.396 e. The Morgan fingerprint density at radius 2 is 1.97 bits per heavy atom. The Bertz CT molecular complexity index is 1140. The van der Waals surface area contributed by atoms with Crippen LogP contribution in [0.5, 0.6) is 0 Å². The maximum Gasteiger partial charge on any atom is 0.258 e. The molecule has 4 atom stereocenters. The van der Waals surface area contributed by atoms with Crippen LogP contribution in [0, 0.1) is 17.7 Å². The van der Waals surface area contributed by atoms with Crippen molar-refractivity contribution in [2.24, 2.45) is 11.8 Å². The van der Waals surface area contributed by atoms with E-state index < -0.39 is 5.92 Å². The number of rotatable bonds is 5. The van der Waals surface area contributed by atoms with Crippen molar-refractivity contribution in [2.75, 3.05) is 13.7 Å². The highest BCUT2D eigenvalue weighted by Gasteiger charge is 2.54. The van der Waals surface area contributed by atoms with Gasteiger partial charge >= 0.3 is 0 Å². The van der Waals surface area contributed by atoms with Crippen LogP contribution in [0.15, 0.2) is 47.3 Å². The molecule has 2 bridgehead atoms. The SMILES string of the molecule is CN1[C@@H]2Cn3c(ccc(C4=CCCCC4)c3=O)[C@H]1[C@@H](C(=O)NCc1ccc(F)cc1)[C@@H]2CO. The zero-order valence-corrected chi connectivity index (χ0v) is 18.8. The number of carbonyl (C=O) groups is 1. The largest absolute Gasteiger partial charge is 0.396 e. The number of hydrogen-bond acceptors (Lipinski definition) is 4. The van der Waals surface area contributed by atoms with Crippen LogP contribution in [0.3, 0.4) is 0 Å². The summed E-state index contributed by atoms with van der Waals surface area (Å²) in [7, 11) is 1.97. The molecule has 1 aromatic carbocycles. The molecule has 1 fully saturated rings. The maximum absolute atomic E-state index is 13.5. The molecule has 0 saturated carbocycles. The Kier molecular flexibility index (Phi) is 5.93. The number of nitrogens with one attached hydrogen (secondary N) is 1. The van der Waals surface area contributed by atoms with Crippen molar-refractivity contribution in [3.8, 4) is 0 Å². The van der Waals surface area contributed by atoms with E-state index in [0.717, 1.165) is 48.1 Å². The molecule has 6 nitrogen and oxygen atoms in total. The Labute approximate surface area is 192 Å². The van der Waals surface area contributed by atoms with Gasteiger partial charge in [0.05, 0.1) is 12.0 Å². The van der Waals surface area contributed by atoms with E-state index in [1.165, 1.54) is 12.1 Å². The third-order valence-corrected chi connectivity index (χ3v) is 7.67. The van der Waals surface area contributed by atoms with Gasteiger partial charge in [0.25, 0.3) is 5.56 Å². The Morgan fingerprint density at radius 3 is 2.67 bits per heavy atom. The van der Waals surface area contributed by atoms with Crippen molar-refractivity contribution < 1.29 is 14.3 Å². The summed E-state index contributed by atoms with van der Waals surface area (Å²) in [6, 6.07) is 9.57. The predicted molar refractivity (Wildman–Crippen MR) is 124 cm³/mol. The van der Waals surface area contributed by atoms with Crippen LogP contribution >= 0.6 is 0 Å². The van der Waals surface area contributed by atoms with E-state index in [0.29, 0.717) is 6.54 Å². The topological polar surface area (TPSA) is 74.6 Å². The number of carbonyl (C=O) groups excluding carboxylic acids is 1. The van der Waals surface area contributed by atoms with Gasteiger partial charge in [-0.05, 0) is 68.1 Å². The van der Waals surface area contributed by atoms with Crippen LogP contribution in [0.1, 0.15) is 48.5 Å². The number of hydrogen-bond donors (Lipinski definition) is 2. The third-order valence-electron chi connectivity index (χ3n) is 7.67. The van der Waals surface area contributed by atoms with Crippen LogP contribution in [-0.4, -0.2) is 40.2 Å². The van der Waals surface area contributed by atoms with Crippen LogP contribution in [0.25, 0.3) is 5.57 Å². The minimum absolute atomic E-state index is 0.00723. The van der Waals surface area contributed by atoms with Gasteiger partial charge in [-0.1, -0.05) is 18.2 Å². The predicted octanol–water partition coefficient (Wildman–Crippen LogP) is 2.85. The van der Waals surface area contributed by atoms with Gasteiger partial charge in [0, 0.05) is 42.9 Å². The smallest absolute Gasteiger partial charge is 0.258 e. The lowest BCUT2D eigenvalue weighted by Gasteiger charge is -2.35. The van der Waals surface area contributed by atoms with Crippen LogP contribution in [0.4, 0.5) is 4.39 Å². The lowest BCUT2D eigenvalue weighted by molar-refractivity contribution is -0.127. The lowest BCUT2D eigenvalue weighted by Crippen LogP contribution is -2.45. The Balaban J connectivity index is 1.45. The number of likely N-dealkylation sites (N-methyl/N-ethyl adjacent to an activating group) is 1. The van der Waals surface area contributed by atoms with Gasteiger partial charge in [-0.15, -0.1) is 0 Å². The average molecular weight is 452 g/mol. The molecule has 7 heteroatoms. The summed E-state index contributed by atoms with van der Waals surface area (Å²) < 4.78 is 15.0. The normalized spacial score (nSPS) is 26.6. The highest BCUT2D eigenvalue weighted by atomic mass is 19.1. The number of aliphatic hydroxyl groups excluding tert-OH is 1. The summed E-state index contributed by atoms with van der Waals surface area (Å²) in [5.74, 6) is -1.22. The molecule has 2 aromatic rings. The quantitative estimate of drug-likeness (QED) is 0.733. The molecule has 1 amide bonds. The van der Waals surface area contributed by atoms with Crippen molar-refractivity contribution in [3.05, 3.63) is 75.5 Å². The maximum atomic E-state index is 13.5. The number of fused-ring (bicyclic) bond motifs is 4. The highest BCUT2D eigenvalue weighted by Crippen LogP contribution is 2.47. The molecule has 174 valence electrons. The monoisotopic (exact) mass is 451 g/mol. The van der Waals surface area contributed by atoms with E-state index >= 15 is 0 Å². The van der Waals surface area contributed by atoms with E-state index in [4.69, 9.17) is 0 Å². The molecule has 1 aromatic heterocycles. The molecule has 2 N–H and O–H groups in total. The first kappa shape index (κ1) is 22.0. The van der Waals surface area contributed by atoms with Crippen molar-refractivity contribution in [2.45, 2.75) is 50.9 Å². The van der Waals surface area contributed by atoms with Gasteiger partial charge in [0.15, 0.2) is 0 Å². The highest BCUT2D eigenvalue weighted by molar-refractivity contribution is 5.80. The number of aromatic nitrogens is 1. The van der Waals surface area contributed by atoms with Gasteiger partial charge in [0.1, 0.15) is 5.82 Å². The molecule has 1 saturated heterocycles. The van der Waals surface area contributed by atoms with Crippen LogP contribution < -0.4 is 10.9 Å². The molecule has 0 unspecified atom stereocenters. The van der Waals surface area contributed by atoms with E-state index in [2.05, 4.69) is 16.3 Å². The molecule has 1 aliphatic carbocycles. The molecule has 33 heavy (non-hydrogen) atoms. The standard InChI is InChI=1S/C26H30FN3O3/c1-29-22-14-30-21(12-11-19(26(30)33)17-5-3-2-4-6-17)24(29)23(20(22)15-31)25(32)28-13-16-7-9-18(27)10-8-16/h5,7-12,20,22-24,31H,2-4,6,13-15H2,1H3,(H,28,32)/t20-,22-,23+,24+/m1/s1. The summed E-state index contributed by atoms with van der Waals surface area (Å²) in [5.41, 5.74) is 3.53. The number of nitrogens with zero attached hydrogens (tertiary/aromatic N) is 2. The third kappa shape index (κ3) is 3.83. The Hall–Kier alpha value is -2.77. The van der Waals surface area contributed by atoms with Gasteiger partial charge < -0.3 is 15.0 Å². The van der Waals surface area contributed by atoms with E-state index in [1.54, 1.807) is 12.1 Å². The van der Waals surface area contributed by atoms with Gasteiger partial charge in [-0.3, -0.25) is 14.5 Å². The molecule has 2 aliphatic heterocycles. The van der Waals surface area contributed by atoms with E-state index in [9.17, 15) is 19.1 Å². The summed E-state index contributed by atoms with van der Waals surface area (Å²) >= 11 is 0. The number of allylic oxidation sites excluding steroid dienone is 2. The number of amides is 1. The molecule has 0 radical (unpaired) electrons. The van der Waals surface area contributed by atoms with Crippen molar-refractivity contribution in [1.29, 1.82) is 0 Å². The molecule has 3 aliphatic rings. The number of aliphatic hydroxyl groups is 1. The summed E-state index contributed by atoms with van der Waals surface area (Å²) in [6.07, 6.45) is 6.38. The molecular formula is C26H30FN3O3. The first-order valence-electron chi connectivity index (χ1n) is 11.8. The second-order valence-electron chi connectivity index (χ2n) is 9.46. The minimum atomic E-state index is -0.474. The fourth-order valence-corrected chi connectivity index (χ4v) is 5.93. The first-order chi connectivity index (χ1) is 16.0. The van der Waals surface area contributed by atoms with Crippen LogP contribution in [-0.2, 0) is 17.9 Å². The zero-order chi connectivity index (χ0) is 23.1. The van der Waals surface area contributed by atoms with Crippen molar-refractivity contribution in [3.63, 3.8) is 0 Å². The first-order valence-corrected chi connectivity index (χ1v) is 11.8. The number of benzene rings is 1. The second-order valence-corrected chi connectivity index (χ2v) is 9.46. The van der Waals surface area contributed by atoms with Gasteiger partial charge in [0.2, 0.25) is 5.91 Å². The Morgan fingerprint density at radius 1 is 1.18 bits per heavy atom. The van der Waals surface area contributed by atoms with E-state index in [-0.39, 0.29) is 48.4 Å². The van der Waals surface area contributed by atoms with Gasteiger partial charge in [-0.25, -0.2) is 4.39 Å². The van der Waals surface area contributed by atoms with Crippen molar-refractivity contribution >= 4 is 11.5 Å². The van der Waals surface area contributed by atoms with E-state index in [1.807, 2.05) is 23.7 Å². The molecule has 3 heterocycles. The summed E-state index contributed by atoms with van der Waals surface area (Å²) in [5, 5.41) is 13.2. The number of halogens is 1. The fraction of sp³-hybridized carbons (Fsp3) is 0.462. The summed E-state index contributed by atoms with van der Waals surface area (Å²) in [6.45, 7) is 0.630. The molecule has 5 rings (SSSR count). The second kappa shape index (κ2) is 8.88. The summed E-state index contributed by atoms with van der Waals surface area (Å²) in [4.78, 5) is 28.9. The van der Waals surface area contributed by atoms with Gasteiger partial charge in [-0.2, -0.15) is 0 Å². The zero-order valence-electron chi connectivity index (χ0n) is 18.8.